The van der Waals surface area contributed by atoms with Gasteiger partial charge in [0.05, 0.1) is 10.5 Å². The first kappa shape index (κ1) is 19.8. The van der Waals surface area contributed by atoms with Gasteiger partial charge in [-0.15, -0.1) is 0 Å². The Kier molecular flexibility index (Phi) is 5.13. The number of nitro groups is 1. The molecule has 1 aliphatic rings. The number of benzene rings is 1. The Hall–Kier alpha value is -2.92. The third kappa shape index (κ3) is 4.31. The van der Waals surface area contributed by atoms with Crippen molar-refractivity contribution in [1.82, 2.24) is 4.98 Å². The fourth-order valence-corrected chi connectivity index (χ4v) is 2.41. The minimum absolute atomic E-state index is 0.0207. The summed E-state index contributed by atoms with van der Waals surface area (Å²) in [5, 5.41) is 11.9. The zero-order valence-corrected chi connectivity index (χ0v) is 14.8. The highest BCUT2D eigenvalue weighted by Crippen LogP contribution is 2.38. The summed E-state index contributed by atoms with van der Waals surface area (Å²) in [6, 6.07) is 4.23. The molecule has 0 amide bonds. The quantitative estimate of drug-likeness (QED) is 0.514. The van der Waals surface area contributed by atoms with Gasteiger partial charge in [-0.05, 0) is 12.1 Å². The lowest BCUT2D eigenvalue weighted by Crippen LogP contribution is -2.21. The number of hydroxylamine groups is 1. The minimum atomic E-state index is -4.62. The molecule has 1 aromatic carbocycles. The highest BCUT2D eigenvalue weighted by molar-refractivity contribution is 6.31. The first-order chi connectivity index (χ1) is 13.1. The van der Waals surface area contributed by atoms with Gasteiger partial charge in [0.25, 0.3) is 5.69 Å². The zero-order valence-electron chi connectivity index (χ0n) is 14.1. The van der Waals surface area contributed by atoms with Crippen LogP contribution >= 0.6 is 11.6 Å². The number of alkyl halides is 3. The molecule has 8 nitrogen and oxygen atoms in total. The number of ketones is 1. The van der Waals surface area contributed by atoms with Gasteiger partial charge >= 0.3 is 6.18 Å². The summed E-state index contributed by atoms with van der Waals surface area (Å²) in [6.45, 7) is 0. The molecule has 1 heterocycles. The molecule has 1 aliphatic carbocycles. The number of Topliss-reactive ketones (excluding diaryl/α,β-unsaturated/α-hetero) is 1. The number of ether oxygens (including phenoxy) is 1. The topological polar surface area (TPSA) is 94.8 Å². The molecule has 1 fully saturated rings. The van der Waals surface area contributed by atoms with E-state index in [9.17, 15) is 28.1 Å². The van der Waals surface area contributed by atoms with Crippen LogP contribution in [0.15, 0.2) is 30.5 Å². The number of hydrogen-bond acceptors (Lipinski definition) is 7. The molecule has 0 N–H and O–H groups in total. The zero-order chi connectivity index (χ0) is 20.6. The number of hydrogen-bond donors (Lipinski definition) is 0. The number of nitrogens with zero attached hydrogens (tertiary/aromatic N) is 3. The summed E-state index contributed by atoms with van der Waals surface area (Å²) in [5.41, 5.74) is -1.39. The van der Waals surface area contributed by atoms with Crippen molar-refractivity contribution in [3.8, 4) is 11.6 Å². The van der Waals surface area contributed by atoms with E-state index in [-0.39, 0.29) is 40.2 Å². The van der Waals surface area contributed by atoms with Gasteiger partial charge in [-0.25, -0.2) is 10.0 Å². The van der Waals surface area contributed by atoms with Crippen LogP contribution in [0.25, 0.3) is 0 Å². The van der Waals surface area contributed by atoms with Crippen LogP contribution < -0.4 is 9.80 Å². The van der Waals surface area contributed by atoms with E-state index in [1.807, 2.05) is 0 Å². The van der Waals surface area contributed by atoms with E-state index in [0.29, 0.717) is 12.3 Å². The highest BCUT2D eigenvalue weighted by atomic mass is 35.5. The molecule has 0 saturated heterocycles. The van der Waals surface area contributed by atoms with E-state index < -0.39 is 22.8 Å². The van der Waals surface area contributed by atoms with E-state index in [1.165, 1.54) is 19.2 Å². The van der Waals surface area contributed by atoms with Crippen molar-refractivity contribution < 1.29 is 32.5 Å². The molecule has 3 rings (SSSR count). The number of carbonyl (C=O) groups is 1. The minimum Gasteiger partial charge on any atom is -0.437 e. The lowest BCUT2D eigenvalue weighted by atomic mass is 10.2. The molecule has 2 aromatic rings. The molecule has 0 radical (unpaired) electrons. The smallest absolute Gasteiger partial charge is 0.417 e. The van der Waals surface area contributed by atoms with Crippen LogP contribution in [0.3, 0.4) is 0 Å². The van der Waals surface area contributed by atoms with Crippen molar-refractivity contribution in [2.24, 2.45) is 0 Å². The largest absolute Gasteiger partial charge is 0.437 e. The summed E-state index contributed by atoms with van der Waals surface area (Å²) in [6.07, 6.45) is -4.52. The standard InChI is InChI=1S/C16H11ClF3N3O5/c1-22(28-14-6-13(14)24)12-5-9(2-3-11(12)23(25)26)27-15-10(17)4-8(7-21-15)16(18,19)20/h2-5,7,14H,6H2,1H3. The molecular weight excluding hydrogens is 407 g/mol. The van der Waals surface area contributed by atoms with Gasteiger partial charge in [0, 0.05) is 31.8 Å². The van der Waals surface area contributed by atoms with Crippen LogP contribution in [0.5, 0.6) is 11.6 Å². The Morgan fingerprint density at radius 2 is 2.04 bits per heavy atom. The summed E-state index contributed by atoms with van der Waals surface area (Å²) in [7, 11) is 1.38. The summed E-state index contributed by atoms with van der Waals surface area (Å²) in [4.78, 5) is 30.5. The van der Waals surface area contributed by atoms with E-state index >= 15 is 0 Å². The summed E-state index contributed by atoms with van der Waals surface area (Å²) in [5.74, 6) is -0.426. The Morgan fingerprint density at radius 3 is 2.57 bits per heavy atom. The molecule has 0 spiro atoms. The van der Waals surface area contributed by atoms with Gasteiger partial charge in [0.15, 0.2) is 11.9 Å². The second-order valence-corrected chi connectivity index (χ2v) is 6.19. The number of halogens is 4. The molecule has 1 atom stereocenters. The van der Waals surface area contributed by atoms with Gasteiger partial charge in [0.1, 0.15) is 16.5 Å². The van der Waals surface area contributed by atoms with Gasteiger partial charge in [-0.3, -0.25) is 19.7 Å². The predicted octanol–water partition coefficient (Wildman–Crippen LogP) is 4.16. The van der Waals surface area contributed by atoms with Crippen molar-refractivity contribution in [3.05, 3.63) is 51.2 Å². The van der Waals surface area contributed by atoms with Crippen molar-refractivity contribution in [3.63, 3.8) is 0 Å². The van der Waals surface area contributed by atoms with Crippen molar-refractivity contribution in [1.29, 1.82) is 0 Å². The third-order valence-corrected chi connectivity index (χ3v) is 3.97. The van der Waals surface area contributed by atoms with E-state index in [0.717, 1.165) is 11.1 Å². The van der Waals surface area contributed by atoms with Gasteiger partial charge in [0.2, 0.25) is 5.88 Å². The average molecular weight is 418 g/mol. The Labute approximate surface area is 160 Å². The SMILES string of the molecule is CN(OC1CC1=O)c1cc(Oc2ncc(C(F)(F)F)cc2Cl)ccc1[N+](=O)[O-]. The summed E-state index contributed by atoms with van der Waals surface area (Å²) >= 11 is 5.79. The number of nitro benzene ring substituents is 1. The fourth-order valence-electron chi connectivity index (χ4n) is 2.21. The maximum atomic E-state index is 12.7. The number of rotatable bonds is 6. The van der Waals surface area contributed by atoms with Crippen molar-refractivity contribution in [2.45, 2.75) is 18.7 Å². The second kappa shape index (κ2) is 7.24. The Bertz CT molecular complexity index is 954. The number of anilines is 1. The first-order valence-electron chi connectivity index (χ1n) is 7.68. The van der Waals surface area contributed by atoms with Crippen LogP contribution in [0.4, 0.5) is 24.5 Å². The van der Waals surface area contributed by atoms with Crippen molar-refractivity contribution >= 4 is 28.8 Å². The molecule has 0 aliphatic heterocycles. The average Bonchev–Trinajstić information content (AvgIpc) is 3.30. The molecule has 1 saturated carbocycles. The summed E-state index contributed by atoms with van der Waals surface area (Å²) < 4.78 is 43.4. The molecule has 0 bridgehead atoms. The molecule has 1 unspecified atom stereocenters. The molecule has 148 valence electrons. The van der Waals surface area contributed by atoms with Crippen LogP contribution in [0.2, 0.25) is 5.02 Å². The van der Waals surface area contributed by atoms with E-state index in [4.69, 9.17) is 21.2 Å². The van der Waals surface area contributed by atoms with Gasteiger partial charge < -0.3 is 4.74 Å². The number of pyridine rings is 1. The highest BCUT2D eigenvalue weighted by Gasteiger charge is 2.38. The predicted molar refractivity (Wildman–Crippen MR) is 90.3 cm³/mol. The number of aromatic nitrogens is 1. The molecule has 1 aromatic heterocycles. The third-order valence-electron chi connectivity index (χ3n) is 3.70. The normalized spacial score (nSPS) is 16.0. The Morgan fingerprint density at radius 1 is 1.36 bits per heavy atom. The van der Waals surface area contributed by atoms with Crippen LogP contribution in [0, 0.1) is 10.1 Å². The monoisotopic (exact) mass is 417 g/mol. The molecular formula is C16H11ClF3N3O5. The lowest BCUT2D eigenvalue weighted by Gasteiger charge is -2.18. The Balaban J connectivity index is 1.87. The first-order valence-corrected chi connectivity index (χ1v) is 8.06. The van der Waals surface area contributed by atoms with Gasteiger partial charge in [-0.2, -0.15) is 13.2 Å². The fraction of sp³-hybridized carbons (Fsp3) is 0.250. The molecule has 28 heavy (non-hydrogen) atoms. The second-order valence-electron chi connectivity index (χ2n) is 5.78. The van der Waals surface area contributed by atoms with Crippen LogP contribution in [0.1, 0.15) is 12.0 Å². The van der Waals surface area contributed by atoms with E-state index in [1.54, 1.807) is 0 Å². The van der Waals surface area contributed by atoms with E-state index in [2.05, 4.69) is 4.98 Å². The van der Waals surface area contributed by atoms with Crippen LogP contribution in [-0.2, 0) is 15.8 Å². The number of carbonyl (C=O) groups excluding carboxylic acids is 1. The van der Waals surface area contributed by atoms with Crippen molar-refractivity contribution in [2.75, 3.05) is 12.1 Å². The maximum Gasteiger partial charge on any atom is 0.417 e. The van der Waals surface area contributed by atoms with Crippen LogP contribution in [-0.4, -0.2) is 28.8 Å². The molecule has 12 heteroatoms. The maximum absolute atomic E-state index is 12.7. The van der Waals surface area contributed by atoms with Gasteiger partial charge in [-0.1, -0.05) is 11.6 Å². The lowest BCUT2D eigenvalue weighted by molar-refractivity contribution is -0.384.